The van der Waals surface area contributed by atoms with Gasteiger partial charge in [0.2, 0.25) is 0 Å². The lowest BCUT2D eigenvalue weighted by Crippen LogP contribution is -2.29. The molecule has 0 aromatic heterocycles. The fourth-order valence-electron chi connectivity index (χ4n) is 1.31. The average Bonchev–Trinajstić information content (AvgIpc) is 2.35. The van der Waals surface area contributed by atoms with E-state index in [-0.39, 0.29) is 0 Å². The maximum Gasteiger partial charge on any atom is 0.428 e. The van der Waals surface area contributed by atoms with Gasteiger partial charge in [0.1, 0.15) is 11.4 Å². The number of carbonyl (C=O) groups is 2. The number of nitrogens with zero attached hydrogens (tertiary/aromatic N) is 1. The monoisotopic (exact) mass is 294 g/mol. The molecule has 0 heterocycles. The van der Waals surface area contributed by atoms with Gasteiger partial charge in [-0.15, -0.1) is 0 Å². The lowest BCUT2D eigenvalue weighted by molar-refractivity contribution is -0.139. The van der Waals surface area contributed by atoms with Crippen LogP contribution in [0.2, 0.25) is 0 Å². The predicted octanol–water partition coefficient (Wildman–Crippen LogP) is 2.01. The number of ether oxygens (including phenoxy) is 2. The van der Waals surface area contributed by atoms with Gasteiger partial charge in [-0.25, -0.2) is 15.0 Å². The van der Waals surface area contributed by atoms with Crippen LogP contribution in [0.4, 0.5) is 4.79 Å². The second-order valence-electron chi connectivity index (χ2n) is 5.09. The molecule has 0 saturated carbocycles. The zero-order valence-corrected chi connectivity index (χ0v) is 12.1. The molecule has 0 bridgehead atoms. The molecular weight excluding hydrogens is 276 g/mol. The van der Waals surface area contributed by atoms with Crippen molar-refractivity contribution in [3.63, 3.8) is 0 Å². The minimum absolute atomic E-state index is 0.356. The van der Waals surface area contributed by atoms with E-state index in [9.17, 15) is 9.59 Å². The van der Waals surface area contributed by atoms with Crippen LogP contribution >= 0.6 is 0 Å². The summed E-state index contributed by atoms with van der Waals surface area (Å²) >= 11 is 0. The number of carboxylic acids is 1. The quantitative estimate of drug-likeness (QED) is 0.639. The number of nitrogens with one attached hydrogen (secondary N) is 1. The van der Waals surface area contributed by atoms with E-state index >= 15 is 0 Å². The number of carbonyl (C=O) groups excluding carboxylic acids is 1. The van der Waals surface area contributed by atoms with Gasteiger partial charge in [-0.1, -0.05) is 12.1 Å². The van der Waals surface area contributed by atoms with Crippen LogP contribution in [0.15, 0.2) is 29.4 Å². The van der Waals surface area contributed by atoms with E-state index < -0.39 is 24.3 Å². The number of para-hydroxylation sites is 1. The summed E-state index contributed by atoms with van der Waals surface area (Å²) in [6.07, 6.45) is 0.670. The smallest absolute Gasteiger partial charge is 0.428 e. The first kappa shape index (κ1) is 16.5. The van der Waals surface area contributed by atoms with E-state index in [1.54, 1.807) is 45.0 Å². The molecule has 7 heteroatoms. The van der Waals surface area contributed by atoms with Crippen LogP contribution in [0.25, 0.3) is 0 Å². The Bertz CT molecular complexity index is 534. The Balaban J connectivity index is 2.63. The van der Waals surface area contributed by atoms with Crippen LogP contribution < -0.4 is 10.2 Å². The Hall–Kier alpha value is -2.57. The van der Waals surface area contributed by atoms with Crippen molar-refractivity contribution in [1.82, 2.24) is 5.43 Å². The molecule has 21 heavy (non-hydrogen) atoms. The molecule has 0 saturated heterocycles. The number of rotatable bonds is 5. The van der Waals surface area contributed by atoms with Crippen molar-refractivity contribution in [2.45, 2.75) is 26.4 Å². The largest absolute Gasteiger partial charge is 0.481 e. The fraction of sp³-hybridized carbons (Fsp3) is 0.357. The number of hydrogen-bond acceptors (Lipinski definition) is 5. The molecule has 0 unspecified atom stereocenters. The summed E-state index contributed by atoms with van der Waals surface area (Å²) in [6, 6.07) is 6.73. The van der Waals surface area contributed by atoms with Crippen LogP contribution in [0.5, 0.6) is 5.75 Å². The number of amides is 1. The molecule has 0 radical (unpaired) electrons. The number of aliphatic carboxylic acids is 1. The van der Waals surface area contributed by atoms with Crippen molar-refractivity contribution >= 4 is 18.3 Å². The van der Waals surface area contributed by atoms with Gasteiger partial charge in [0.05, 0.1) is 6.21 Å². The highest BCUT2D eigenvalue weighted by atomic mass is 16.6. The van der Waals surface area contributed by atoms with Crippen LogP contribution in [-0.2, 0) is 9.53 Å². The van der Waals surface area contributed by atoms with Gasteiger partial charge in [0.15, 0.2) is 6.61 Å². The van der Waals surface area contributed by atoms with Gasteiger partial charge in [0.25, 0.3) is 0 Å². The molecule has 1 amide bonds. The van der Waals surface area contributed by atoms with Crippen molar-refractivity contribution in [1.29, 1.82) is 0 Å². The summed E-state index contributed by atoms with van der Waals surface area (Å²) in [5.41, 5.74) is 2.14. The van der Waals surface area contributed by atoms with Gasteiger partial charge >= 0.3 is 12.1 Å². The van der Waals surface area contributed by atoms with Crippen LogP contribution in [-0.4, -0.2) is 35.6 Å². The molecule has 2 N–H and O–H groups in total. The molecular formula is C14H18N2O5. The molecule has 114 valence electrons. The number of hydrazone groups is 1. The highest BCUT2D eigenvalue weighted by molar-refractivity contribution is 5.84. The lowest BCUT2D eigenvalue weighted by atomic mass is 10.2. The first-order valence-corrected chi connectivity index (χ1v) is 6.23. The molecule has 1 rings (SSSR count). The van der Waals surface area contributed by atoms with Crippen molar-refractivity contribution < 1.29 is 24.2 Å². The van der Waals surface area contributed by atoms with Gasteiger partial charge in [-0.3, -0.25) is 0 Å². The van der Waals surface area contributed by atoms with E-state index in [1.807, 2.05) is 0 Å². The third-order valence-corrected chi connectivity index (χ3v) is 2.03. The Morgan fingerprint density at radius 3 is 2.62 bits per heavy atom. The summed E-state index contributed by atoms with van der Waals surface area (Å²) < 4.78 is 10.1. The first-order chi connectivity index (χ1) is 9.78. The SMILES string of the molecule is CC(C)(C)OC(=O)N/N=C/c1ccccc1OCC(=O)O. The summed E-state index contributed by atoms with van der Waals surface area (Å²) in [5.74, 6) is -0.719. The Labute approximate surface area is 122 Å². The second-order valence-corrected chi connectivity index (χ2v) is 5.09. The van der Waals surface area contributed by atoms with E-state index in [4.69, 9.17) is 14.6 Å². The van der Waals surface area contributed by atoms with Crippen molar-refractivity contribution in [2.75, 3.05) is 6.61 Å². The third-order valence-electron chi connectivity index (χ3n) is 2.03. The van der Waals surface area contributed by atoms with E-state index in [0.717, 1.165) is 0 Å². The van der Waals surface area contributed by atoms with Crippen LogP contribution in [0.3, 0.4) is 0 Å². The highest BCUT2D eigenvalue weighted by Crippen LogP contribution is 2.15. The van der Waals surface area contributed by atoms with Gasteiger partial charge < -0.3 is 14.6 Å². The number of hydrogen-bond donors (Lipinski definition) is 2. The highest BCUT2D eigenvalue weighted by Gasteiger charge is 2.15. The topological polar surface area (TPSA) is 97.2 Å². The standard InChI is InChI=1S/C14H18N2O5/c1-14(2,3)21-13(19)16-15-8-10-6-4-5-7-11(10)20-9-12(17)18/h4-8H,9H2,1-3H3,(H,16,19)(H,17,18)/b15-8+. The third kappa shape index (κ3) is 6.95. The van der Waals surface area contributed by atoms with Gasteiger partial charge in [0, 0.05) is 5.56 Å². The molecule has 0 atom stereocenters. The van der Waals surface area contributed by atoms with Gasteiger partial charge in [-0.05, 0) is 32.9 Å². The maximum absolute atomic E-state index is 11.4. The van der Waals surface area contributed by atoms with Crippen molar-refractivity contribution in [3.05, 3.63) is 29.8 Å². The minimum Gasteiger partial charge on any atom is -0.481 e. The van der Waals surface area contributed by atoms with E-state index in [0.29, 0.717) is 11.3 Å². The number of benzene rings is 1. The molecule has 0 spiro atoms. The summed E-state index contributed by atoms with van der Waals surface area (Å²) in [4.78, 5) is 21.9. The molecule has 0 aliphatic rings. The molecule has 0 aliphatic heterocycles. The van der Waals surface area contributed by atoms with E-state index in [1.165, 1.54) is 6.21 Å². The van der Waals surface area contributed by atoms with E-state index in [2.05, 4.69) is 10.5 Å². The normalized spacial score (nSPS) is 11.2. The lowest BCUT2D eigenvalue weighted by Gasteiger charge is -2.18. The predicted molar refractivity (Wildman–Crippen MR) is 76.5 cm³/mol. The molecule has 0 fully saturated rings. The summed E-state index contributed by atoms with van der Waals surface area (Å²) in [6.45, 7) is 4.77. The maximum atomic E-state index is 11.4. The zero-order valence-electron chi connectivity index (χ0n) is 12.1. The fourth-order valence-corrected chi connectivity index (χ4v) is 1.31. The number of carboxylic acid groups (broad SMARTS) is 1. The summed E-state index contributed by atoms with van der Waals surface area (Å²) in [5, 5.41) is 12.3. The molecule has 0 aliphatic carbocycles. The van der Waals surface area contributed by atoms with Gasteiger partial charge in [-0.2, -0.15) is 5.10 Å². The van der Waals surface area contributed by atoms with Crippen molar-refractivity contribution in [2.24, 2.45) is 5.10 Å². The Kier molecular flexibility index (Phi) is 5.71. The molecule has 7 nitrogen and oxygen atoms in total. The van der Waals surface area contributed by atoms with Crippen LogP contribution in [0, 0.1) is 0 Å². The Morgan fingerprint density at radius 1 is 1.33 bits per heavy atom. The van der Waals surface area contributed by atoms with Crippen molar-refractivity contribution in [3.8, 4) is 5.75 Å². The van der Waals surface area contributed by atoms with Crippen LogP contribution in [0.1, 0.15) is 26.3 Å². The zero-order chi connectivity index (χ0) is 15.9. The first-order valence-electron chi connectivity index (χ1n) is 6.23. The minimum atomic E-state index is -1.08. The average molecular weight is 294 g/mol. The Morgan fingerprint density at radius 2 is 2.00 bits per heavy atom. The molecule has 1 aromatic carbocycles. The summed E-state index contributed by atoms with van der Waals surface area (Å²) in [7, 11) is 0. The molecule has 1 aromatic rings. The second kappa shape index (κ2) is 7.28.